The molecule has 122 valence electrons. The lowest BCUT2D eigenvalue weighted by Crippen LogP contribution is -2.32. The molecule has 23 heavy (non-hydrogen) atoms. The molecule has 0 saturated heterocycles. The Bertz CT molecular complexity index is 625. The van der Waals surface area contributed by atoms with Gasteiger partial charge in [0, 0.05) is 12.1 Å². The molecule has 3 nitrogen and oxygen atoms in total. The maximum atomic E-state index is 12.8. The molecule has 2 rings (SSSR count). The molecule has 0 heterocycles. The van der Waals surface area contributed by atoms with Crippen molar-refractivity contribution in [3.8, 4) is 5.75 Å². The van der Waals surface area contributed by atoms with E-state index in [-0.39, 0.29) is 17.7 Å². The Hall–Kier alpha value is -2.29. The fourth-order valence-corrected chi connectivity index (χ4v) is 2.78. The van der Waals surface area contributed by atoms with Crippen molar-refractivity contribution >= 4 is 5.91 Å². The summed E-state index contributed by atoms with van der Waals surface area (Å²) < 4.78 is 5.34. The maximum absolute atomic E-state index is 12.8. The highest BCUT2D eigenvalue weighted by molar-refractivity contribution is 5.84. The first-order valence-electron chi connectivity index (χ1n) is 8.12. The number of carbonyl (C=O) groups is 1. The molecule has 0 spiro atoms. The molecule has 0 saturated carbocycles. The van der Waals surface area contributed by atoms with Gasteiger partial charge in [0.05, 0.1) is 13.0 Å². The predicted octanol–water partition coefficient (Wildman–Crippen LogP) is 4.14. The van der Waals surface area contributed by atoms with E-state index in [9.17, 15) is 4.79 Å². The van der Waals surface area contributed by atoms with Crippen molar-refractivity contribution in [3.63, 3.8) is 0 Å². The van der Waals surface area contributed by atoms with Crippen LogP contribution in [-0.2, 0) is 11.3 Å². The lowest BCUT2D eigenvalue weighted by Gasteiger charge is -2.23. The smallest absolute Gasteiger partial charge is 0.228 e. The van der Waals surface area contributed by atoms with Crippen molar-refractivity contribution in [2.75, 3.05) is 7.11 Å². The molecule has 0 aromatic heterocycles. The minimum absolute atomic E-state index is 0.0662. The quantitative estimate of drug-likeness (QED) is 0.834. The van der Waals surface area contributed by atoms with E-state index in [2.05, 4.69) is 19.2 Å². The molecule has 2 aromatic carbocycles. The number of amides is 1. The minimum Gasteiger partial charge on any atom is -0.496 e. The number of hydrogen-bond acceptors (Lipinski definition) is 2. The first-order valence-corrected chi connectivity index (χ1v) is 8.12. The highest BCUT2D eigenvalue weighted by Gasteiger charge is 2.25. The van der Waals surface area contributed by atoms with Gasteiger partial charge in [-0.25, -0.2) is 0 Å². The lowest BCUT2D eigenvalue weighted by atomic mass is 9.85. The Balaban J connectivity index is 2.12. The van der Waals surface area contributed by atoms with Gasteiger partial charge in [-0.05, 0) is 17.5 Å². The third-order valence-corrected chi connectivity index (χ3v) is 4.30. The normalized spacial score (nSPS) is 13.2. The van der Waals surface area contributed by atoms with E-state index in [0.29, 0.717) is 6.54 Å². The molecular weight excluding hydrogens is 286 g/mol. The maximum Gasteiger partial charge on any atom is 0.228 e. The molecule has 0 aliphatic carbocycles. The van der Waals surface area contributed by atoms with Gasteiger partial charge in [0.2, 0.25) is 5.91 Å². The zero-order valence-corrected chi connectivity index (χ0v) is 14.1. The fraction of sp³-hybridized carbons (Fsp3) is 0.350. The van der Waals surface area contributed by atoms with Crippen molar-refractivity contribution in [3.05, 3.63) is 65.7 Å². The van der Waals surface area contributed by atoms with Crippen LogP contribution in [0.2, 0.25) is 0 Å². The average Bonchev–Trinajstić information content (AvgIpc) is 2.61. The summed E-state index contributed by atoms with van der Waals surface area (Å²) in [5.74, 6) is 1.02. The summed E-state index contributed by atoms with van der Waals surface area (Å²) in [6.45, 7) is 4.72. The van der Waals surface area contributed by atoms with Crippen LogP contribution in [-0.4, -0.2) is 13.0 Å². The average molecular weight is 311 g/mol. The van der Waals surface area contributed by atoms with Crippen LogP contribution in [0.5, 0.6) is 5.75 Å². The van der Waals surface area contributed by atoms with Gasteiger partial charge in [-0.1, -0.05) is 68.8 Å². The van der Waals surface area contributed by atoms with Crippen LogP contribution in [0.3, 0.4) is 0 Å². The van der Waals surface area contributed by atoms with Crippen LogP contribution in [0.1, 0.15) is 37.3 Å². The van der Waals surface area contributed by atoms with E-state index in [1.54, 1.807) is 7.11 Å². The lowest BCUT2D eigenvalue weighted by molar-refractivity contribution is -0.123. The summed E-state index contributed by atoms with van der Waals surface area (Å²) in [7, 11) is 1.65. The number of carbonyl (C=O) groups excluding carboxylic acids is 1. The Labute approximate surface area is 138 Å². The molecule has 0 aliphatic heterocycles. The second kappa shape index (κ2) is 8.37. The highest BCUT2D eigenvalue weighted by atomic mass is 16.5. The predicted molar refractivity (Wildman–Crippen MR) is 93.5 cm³/mol. The fourth-order valence-electron chi connectivity index (χ4n) is 2.78. The SMILES string of the molecule is CC[C@@H](C)[C@@H](C(=O)NCc1ccccc1OC)c1ccccc1. The van der Waals surface area contributed by atoms with Crippen LogP contribution in [0, 0.1) is 5.92 Å². The van der Waals surface area contributed by atoms with Gasteiger partial charge in [-0.3, -0.25) is 4.79 Å². The minimum atomic E-state index is -0.129. The summed E-state index contributed by atoms with van der Waals surface area (Å²) in [6.07, 6.45) is 0.960. The number of benzene rings is 2. The number of hydrogen-bond donors (Lipinski definition) is 1. The summed E-state index contributed by atoms with van der Waals surface area (Å²) in [5.41, 5.74) is 2.05. The van der Waals surface area contributed by atoms with Crippen molar-refractivity contribution in [1.29, 1.82) is 0 Å². The summed E-state index contributed by atoms with van der Waals surface area (Å²) in [4.78, 5) is 12.8. The van der Waals surface area contributed by atoms with E-state index in [4.69, 9.17) is 4.74 Å². The highest BCUT2D eigenvalue weighted by Crippen LogP contribution is 2.27. The Morgan fingerprint density at radius 1 is 1.09 bits per heavy atom. The van der Waals surface area contributed by atoms with Crippen molar-refractivity contribution in [2.24, 2.45) is 5.92 Å². The largest absolute Gasteiger partial charge is 0.496 e. The van der Waals surface area contributed by atoms with Crippen molar-refractivity contribution in [1.82, 2.24) is 5.32 Å². The Kier molecular flexibility index (Phi) is 6.21. The van der Waals surface area contributed by atoms with Gasteiger partial charge in [0.25, 0.3) is 0 Å². The van der Waals surface area contributed by atoms with Crippen LogP contribution in [0.4, 0.5) is 0 Å². The standard InChI is InChI=1S/C20H25NO2/c1-4-15(2)19(16-10-6-5-7-11-16)20(22)21-14-17-12-8-9-13-18(17)23-3/h5-13,15,19H,4,14H2,1-3H3,(H,21,22)/t15-,19-/m1/s1. The number of rotatable bonds is 7. The van der Waals surface area contributed by atoms with Crippen LogP contribution < -0.4 is 10.1 Å². The van der Waals surface area contributed by atoms with Crippen LogP contribution in [0.25, 0.3) is 0 Å². The van der Waals surface area contributed by atoms with Crippen LogP contribution >= 0.6 is 0 Å². The number of ether oxygens (including phenoxy) is 1. The molecule has 2 atom stereocenters. The number of nitrogens with one attached hydrogen (secondary N) is 1. The van der Waals surface area contributed by atoms with E-state index in [1.165, 1.54) is 0 Å². The van der Waals surface area contributed by atoms with Crippen LogP contribution in [0.15, 0.2) is 54.6 Å². The van der Waals surface area contributed by atoms with Gasteiger partial charge < -0.3 is 10.1 Å². The topological polar surface area (TPSA) is 38.3 Å². The molecule has 1 N–H and O–H groups in total. The van der Waals surface area contributed by atoms with E-state index in [0.717, 1.165) is 23.3 Å². The van der Waals surface area contributed by atoms with E-state index < -0.39 is 0 Å². The third kappa shape index (κ3) is 4.35. The summed E-state index contributed by atoms with van der Waals surface area (Å²) in [6, 6.07) is 17.8. The third-order valence-electron chi connectivity index (χ3n) is 4.30. The zero-order chi connectivity index (χ0) is 16.7. The van der Waals surface area contributed by atoms with Gasteiger partial charge in [-0.2, -0.15) is 0 Å². The Morgan fingerprint density at radius 2 is 1.74 bits per heavy atom. The van der Waals surface area contributed by atoms with Crippen molar-refractivity contribution in [2.45, 2.75) is 32.7 Å². The second-order valence-corrected chi connectivity index (χ2v) is 5.80. The molecular formula is C20H25NO2. The van der Waals surface area contributed by atoms with Gasteiger partial charge in [0.15, 0.2) is 0 Å². The first kappa shape index (κ1) is 17.1. The van der Waals surface area contributed by atoms with E-state index in [1.807, 2.05) is 54.6 Å². The monoisotopic (exact) mass is 311 g/mol. The molecule has 0 radical (unpaired) electrons. The molecule has 3 heteroatoms. The van der Waals surface area contributed by atoms with Gasteiger partial charge in [0.1, 0.15) is 5.75 Å². The molecule has 0 bridgehead atoms. The summed E-state index contributed by atoms with van der Waals surface area (Å²) in [5, 5.41) is 3.07. The number of para-hydroxylation sites is 1. The number of methoxy groups -OCH3 is 1. The second-order valence-electron chi connectivity index (χ2n) is 5.80. The molecule has 1 amide bonds. The molecule has 0 fully saturated rings. The zero-order valence-electron chi connectivity index (χ0n) is 14.1. The molecule has 0 aliphatic rings. The molecule has 0 unspecified atom stereocenters. The Morgan fingerprint density at radius 3 is 2.39 bits per heavy atom. The van der Waals surface area contributed by atoms with Crippen molar-refractivity contribution < 1.29 is 9.53 Å². The first-order chi connectivity index (χ1) is 11.2. The summed E-state index contributed by atoms with van der Waals surface area (Å²) >= 11 is 0. The van der Waals surface area contributed by atoms with Gasteiger partial charge in [-0.15, -0.1) is 0 Å². The van der Waals surface area contributed by atoms with Gasteiger partial charge >= 0.3 is 0 Å². The van der Waals surface area contributed by atoms with E-state index >= 15 is 0 Å². The molecule has 2 aromatic rings.